The molecule has 1 atom stereocenters. The van der Waals surface area contributed by atoms with E-state index in [1.165, 1.54) is 122 Å². The Hall–Kier alpha value is -1.12. The van der Waals surface area contributed by atoms with Gasteiger partial charge in [-0.25, -0.2) is 0 Å². The molecule has 35 heavy (non-hydrogen) atoms. The highest BCUT2D eigenvalue weighted by atomic mass is 16.2. The summed E-state index contributed by atoms with van der Waals surface area (Å²) in [6.45, 7) is 4.53. The number of nitrogens with two attached hydrogens (primary N) is 1. The number of rotatable bonds is 28. The van der Waals surface area contributed by atoms with Gasteiger partial charge in [0.25, 0.3) is 5.91 Å². The van der Waals surface area contributed by atoms with Crippen molar-refractivity contribution in [3.8, 4) is 0 Å². The minimum absolute atomic E-state index is 0.150. The van der Waals surface area contributed by atoms with E-state index in [1.54, 1.807) is 0 Å². The van der Waals surface area contributed by atoms with Crippen molar-refractivity contribution in [2.24, 2.45) is 11.7 Å². The number of unbranched alkanes of at least 4 members (excludes halogenated alkanes) is 20. The van der Waals surface area contributed by atoms with Gasteiger partial charge in [0.15, 0.2) is 0 Å². The van der Waals surface area contributed by atoms with Gasteiger partial charge in [0, 0.05) is 5.92 Å². The van der Waals surface area contributed by atoms with Gasteiger partial charge in [-0.1, -0.05) is 148 Å². The third-order valence-corrected chi connectivity index (χ3v) is 7.33. The zero-order valence-corrected chi connectivity index (χ0v) is 23.8. The molecule has 1 amide bonds. The van der Waals surface area contributed by atoms with Crippen molar-refractivity contribution in [2.75, 3.05) is 0 Å². The van der Waals surface area contributed by atoms with E-state index in [0.29, 0.717) is 0 Å². The Labute approximate surface area is 219 Å². The zero-order chi connectivity index (χ0) is 25.8. The molecule has 0 aliphatic heterocycles. The lowest BCUT2D eigenvalue weighted by Crippen LogP contribution is -2.30. The number of hydrogen-bond donors (Lipinski definition) is 1. The minimum atomic E-state index is -0.742. The molecule has 0 saturated heterocycles. The van der Waals surface area contributed by atoms with Crippen LogP contribution in [0.15, 0.2) is 12.2 Å². The molecule has 2 N–H and O–H groups in total. The van der Waals surface area contributed by atoms with E-state index >= 15 is 0 Å². The number of amides is 1. The first-order valence-electron chi connectivity index (χ1n) is 15.6. The number of primary amides is 1. The molecular weight excluding hydrogens is 430 g/mol. The highest BCUT2D eigenvalue weighted by Crippen LogP contribution is 2.20. The summed E-state index contributed by atoms with van der Waals surface area (Å²) >= 11 is 0. The summed E-state index contributed by atoms with van der Waals surface area (Å²) < 4.78 is 0. The van der Waals surface area contributed by atoms with Gasteiger partial charge in [-0.05, 0) is 38.5 Å². The summed E-state index contributed by atoms with van der Waals surface area (Å²) in [6, 6.07) is 0. The summed E-state index contributed by atoms with van der Waals surface area (Å²) in [6.07, 6.45) is 35.9. The minimum Gasteiger partial charge on any atom is -0.363 e. The zero-order valence-electron chi connectivity index (χ0n) is 23.8. The first kappa shape index (κ1) is 33.9. The molecule has 0 fully saturated rings. The normalized spacial score (nSPS) is 12.4. The first-order chi connectivity index (χ1) is 17.1. The average Bonchev–Trinajstić information content (AvgIpc) is 2.85. The van der Waals surface area contributed by atoms with Gasteiger partial charge in [-0.2, -0.15) is 0 Å². The predicted molar refractivity (Wildman–Crippen MR) is 154 cm³/mol. The molecule has 0 heterocycles. The van der Waals surface area contributed by atoms with E-state index in [2.05, 4.69) is 26.0 Å². The van der Waals surface area contributed by atoms with Gasteiger partial charge in [0.1, 0.15) is 0 Å². The summed E-state index contributed by atoms with van der Waals surface area (Å²) in [5, 5.41) is 0. The maximum Gasteiger partial charge on any atom is 0.285 e. The van der Waals surface area contributed by atoms with Crippen LogP contribution < -0.4 is 5.73 Å². The summed E-state index contributed by atoms with van der Waals surface area (Å²) in [5.74, 6) is -1.23. The van der Waals surface area contributed by atoms with Crippen molar-refractivity contribution in [2.45, 2.75) is 174 Å². The molecule has 0 bridgehead atoms. The molecule has 0 aromatic rings. The topological polar surface area (TPSA) is 60.2 Å². The molecule has 3 nitrogen and oxygen atoms in total. The van der Waals surface area contributed by atoms with Crippen LogP contribution in [0.25, 0.3) is 0 Å². The Morgan fingerprint density at radius 3 is 1.17 bits per heavy atom. The van der Waals surface area contributed by atoms with E-state index < -0.39 is 5.91 Å². The SMILES string of the molecule is CCCCCCCCC=CCCCCCCC(CCCCCCCCCCCCC)C(=O)C(N)=O. The molecule has 1 unspecified atom stereocenters. The van der Waals surface area contributed by atoms with Gasteiger partial charge in [0.05, 0.1) is 0 Å². The molecule has 0 aromatic heterocycles. The molecular formula is C32H61NO2. The second-order valence-electron chi connectivity index (χ2n) is 10.8. The molecule has 0 saturated carbocycles. The van der Waals surface area contributed by atoms with Crippen LogP contribution in [-0.4, -0.2) is 11.7 Å². The molecule has 0 spiro atoms. The van der Waals surface area contributed by atoms with Crippen molar-refractivity contribution in [3.63, 3.8) is 0 Å². The second-order valence-corrected chi connectivity index (χ2v) is 10.8. The van der Waals surface area contributed by atoms with Crippen LogP contribution in [0.5, 0.6) is 0 Å². The predicted octanol–water partition coefficient (Wildman–Crippen LogP) is 10.0. The Morgan fingerprint density at radius 2 is 0.829 bits per heavy atom. The van der Waals surface area contributed by atoms with E-state index in [4.69, 9.17) is 5.73 Å². The Balaban J connectivity index is 3.74. The van der Waals surface area contributed by atoms with E-state index in [1.807, 2.05) is 0 Å². The molecule has 206 valence electrons. The smallest absolute Gasteiger partial charge is 0.285 e. The third kappa shape index (κ3) is 24.4. The molecule has 0 aromatic carbocycles. The van der Waals surface area contributed by atoms with Crippen molar-refractivity contribution >= 4 is 11.7 Å². The van der Waals surface area contributed by atoms with Crippen molar-refractivity contribution in [1.29, 1.82) is 0 Å². The summed E-state index contributed by atoms with van der Waals surface area (Å²) in [7, 11) is 0. The Bertz CT molecular complexity index is 500. The van der Waals surface area contributed by atoms with Gasteiger partial charge < -0.3 is 5.73 Å². The highest BCUT2D eigenvalue weighted by molar-refractivity contribution is 6.36. The lowest BCUT2D eigenvalue weighted by atomic mass is 9.90. The average molecular weight is 492 g/mol. The fourth-order valence-electron chi connectivity index (χ4n) is 4.95. The van der Waals surface area contributed by atoms with Crippen LogP contribution in [0.1, 0.15) is 174 Å². The third-order valence-electron chi connectivity index (χ3n) is 7.33. The Kier molecular flexibility index (Phi) is 26.6. The second kappa shape index (κ2) is 27.5. The fraction of sp³-hybridized carbons (Fsp3) is 0.875. The van der Waals surface area contributed by atoms with Crippen LogP contribution in [0.2, 0.25) is 0 Å². The van der Waals surface area contributed by atoms with Crippen molar-refractivity contribution in [1.82, 2.24) is 0 Å². The standard InChI is InChI=1S/C32H61NO2/c1-3-5-7-9-11-13-15-16-17-19-21-23-25-27-29-30(31(34)32(33)35)28-26-24-22-20-18-14-12-10-8-6-4-2/h16-17,30H,3-15,18-29H2,1-2H3,(H2,33,35). The van der Waals surface area contributed by atoms with E-state index in [-0.39, 0.29) is 11.7 Å². The monoisotopic (exact) mass is 491 g/mol. The molecule has 3 heteroatoms. The lowest BCUT2D eigenvalue weighted by Gasteiger charge is -2.14. The maximum absolute atomic E-state index is 12.2. The summed E-state index contributed by atoms with van der Waals surface area (Å²) in [4.78, 5) is 23.7. The molecule has 0 radical (unpaired) electrons. The molecule has 0 aliphatic rings. The lowest BCUT2D eigenvalue weighted by molar-refractivity contribution is -0.138. The summed E-state index contributed by atoms with van der Waals surface area (Å²) in [5.41, 5.74) is 5.32. The van der Waals surface area contributed by atoms with Gasteiger partial charge in [0.2, 0.25) is 5.78 Å². The van der Waals surface area contributed by atoms with Crippen molar-refractivity contribution < 1.29 is 9.59 Å². The van der Waals surface area contributed by atoms with Crippen LogP contribution >= 0.6 is 0 Å². The maximum atomic E-state index is 12.2. The first-order valence-corrected chi connectivity index (χ1v) is 15.6. The van der Waals surface area contributed by atoms with Gasteiger partial charge >= 0.3 is 0 Å². The number of hydrogen-bond acceptors (Lipinski definition) is 2. The van der Waals surface area contributed by atoms with E-state index in [0.717, 1.165) is 38.5 Å². The highest BCUT2D eigenvalue weighted by Gasteiger charge is 2.22. The van der Waals surface area contributed by atoms with Crippen molar-refractivity contribution in [3.05, 3.63) is 12.2 Å². The van der Waals surface area contributed by atoms with Gasteiger partial charge in [-0.3, -0.25) is 9.59 Å². The van der Waals surface area contributed by atoms with E-state index in [9.17, 15) is 9.59 Å². The largest absolute Gasteiger partial charge is 0.363 e. The number of carbonyl (C=O) groups excluding carboxylic acids is 2. The number of ketones is 1. The van der Waals surface area contributed by atoms with Crippen LogP contribution in [0.4, 0.5) is 0 Å². The molecule has 0 rings (SSSR count). The van der Waals surface area contributed by atoms with Crippen LogP contribution in [-0.2, 0) is 9.59 Å². The number of carbonyl (C=O) groups is 2. The fourth-order valence-corrected chi connectivity index (χ4v) is 4.95. The van der Waals surface area contributed by atoms with Gasteiger partial charge in [-0.15, -0.1) is 0 Å². The van der Waals surface area contributed by atoms with Crippen LogP contribution in [0.3, 0.4) is 0 Å². The molecule has 0 aliphatic carbocycles. The van der Waals surface area contributed by atoms with Crippen LogP contribution in [0, 0.1) is 5.92 Å². The number of allylic oxidation sites excluding steroid dienone is 2. The number of Topliss-reactive ketones (excluding diaryl/α,β-unsaturated/α-hetero) is 1. The Morgan fingerprint density at radius 1 is 0.514 bits per heavy atom. The quantitative estimate of drug-likeness (QED) is 0.0672.